The summed E-state index contributed by atoms with van der Waals surface area (Å²) in [5, 5.41) is 17.7. The van der Waals surface area contributed by atoms with Crippen LogP contribution in [0.4, 0.5) is 0 Å². The topological polar surface area (TPSA) is 103 Å². The molecule has 0 saturated carbocycles. The molecule has 118 valence electrons. The fourth-order valence-corrected chi connectivity index (χ4v) is 3.82. The number of hydrogen-bond acceptors (Lipinski definition) is 4. The van der Waals surface area contributed by atoms with Crippen LogP contribution in [0.3, 0.4) is 0 Å². The number of aromatic amines is 1. The molecule has 2 rings (SSSR count). The van der Waals surface area contributed by atoms with Crippen molar-refractivity contribution < 1.29 is 19.8 Å². The van der Waals surface area contributed by atoms with E-state index in [-0.39, 0.29) is 0 Å². The fourth-order valence-electron chi connectivity index (χ4n) is 1.42. The molecule has 22 heavy (non-hydrogen) atoms. The number of H-pyrrole nitrogens is 1. The molecule has 0 fully saturated rings. The van der Waals surface area contributed by atoms with Gasteiger partial charge >= 0.3 is 11.9 Å². The minimum Gasteiger partial charge on any atom is -0.478 e. The van der Waals surface area contributed by atoms with Crippen LogP contribution in [0.15, 0.2) is 39.0 Å². The summed E-state index contributed by atoms with van der Waals surface area (Å²) in [6.07, 6.45) is 4.69. The molecule has 2 aromatic rings. The van der Waals surface area contributed by atoms with E-state index < -0.39 is 11.9 Å². The number of aromatic nitrogens is 2. The molecule has 0 aliphatic carbocycles. The van der Waals surface area contributed by atoms with Gasteiger partial charge in [-0.05, 0) is 31.9 Å². The van der Waals surface area contributed by atoms with Gasteiger partial charge in [0.05, 0.1) is 6.33 Å². The van der Waals surface area contributed by atoms with E-state index in [1.165, 1.54) is 4.88 Å². The predicted octanol–water partition coefficient (Wildman–Crippen LogP) is 3.86. The fraction of sp³-hybridized carbons (Fsp3) is 0.154. The quantitative estimate of drug-likeness (QED) is 0.612. The summed E-state index contributed by atoms with van der Waals surface area (Å²) in [6, 6.07) is 0. The lowest BCUT2D eigenvalue weighted by Crippen LogP contribution is -1.93. The third-order valence-electron chi connectivity index (χ3n) is 2.46. The number of thiophene rings is 1. The minimum absolute atomic E-state index is 0.350. The first-order valence-electron chi connectivity index (χ1n) is 5.87. The standard InChI is InChI=1S/C9H8Br2N2S.C4H4O4/c1-5(7-2-12-4-13-7)9-8(11)6(10)3-14-9;5-3(6)1-2-4(7)8/h2-5H,1H3,(H,12,13);1-2H,(H,5,6)(H,7,8)/b;2-1+. The number of carboxylic acid groups (broad SMARTS) is 2. The van der Waals surface area contributed by atoms with Crippen LogP contribution < -0.4 is 0 Å². The molecule has 3 N–H and O–H groups in total. The summed E-state index contributed by atoms with van der Waals surface area (Å²) in [5.74, 6) is -2.16. The molecule has 2 heterocycles. The second-order valence-corrected chi connectivity index (χ2v) is 6.56. The predicted molar refractivity (Wildman–Crippen MR) is 90.2 cm³/mol. The highest BCUT2D eigenvalue weighted by Crippen LogP contribution is 2.39. The van der Waals surface area contributed by atoms with Crippen LogP contribution in [0.1, 0.15) is 23.4 Å². The summed E-state index contributed by atoms with van der Waals surface area (Å²) in [7, 11) is 0. The lowest BCUT2D eigenvalue weighted by atomic mass is 10.1. The largest absolute Gasteiger partial charge is 0.478 e. The van der Waals surface area contributed by atoms with E-state index in [1.54, 1.807) is 17.7 Å². The summed E-state index contributed by atoms with van der Waals surface area (Å²) in [5.41, 5.74) is 1.14. The number of carboxylic acids is 2. The van der Waals surface area contributed by atoms with Crippen LogP contribution in [-0.4, -0.2) is 32.1 Å². The Morgan fingerprint density at radius 1 is 1.32 bits per heavy atom. The van der Waals surface area contributed by atoms with Gasteiger partial charge in [0.2, 0.25) is 0 Å². The number of nitrogens with one attached hydrogen (secondary N) is 1. The Morgan fingerprint density at radius 3 is 2.27 bits per heavy atom. The van der Waals surface area contributed by atoms with Crippen LogP contribution in [0.2, 0.25) is 0 Å². The van der Waals surface area contributed by atoms with Crippen LogP contribution in [0.25, 0.3) is 0 Å². The van der Waals surface area contributed by atoms with E-state index in [0.717, 1.165) is 14.6 Å². The Hall–Kier alpha value is -1.45. The Bertz CT molecular complexity index is 652. The van der Waals surface area contributed by atoms with Crippen molar-refractivity contribution in [2.75, 3.05) is 0 Å². The first kappa shape index (κ1) is 18.6. The maximum atomic E-state index is 9.55. The van der Waals surface area contributed by atoms with Crippen molar-refractivity contribution in [3.05, 3.63) is 49.6 Å². The van der Waals surface area contributed by atoms with Gasteiger partial charge in [-0.1, -0.05) is 6.92 Å². The van der Waals surface area contributed by atoms with Gasteiger partial charge in [0, 0.05) is 49.2 Å². The van der Waals surface area contributed by atoms with Crippen LogP contribution in [0, 0.1) is 0 Å². The molecule has 1 unspecified atom stereocenters. The van der Waals surface area contributed by atoms with Crippen LogP contribution in [-0.2, 0) is 9.59 Å². The van der Waals surface area contributed by atoms with E-state index in [0.29, 0.717) is 18.1 Å². The Kier molecular flexibility index (Phi) is 7.49. The minimum atomic E-state index is -1.26. The average Bonchev–Trinajstić information content (AvgIpc) is 3.09. The molecular formula is C13H12Br2N2O4S. The average molecular weight is 452 g/mol. The summed E-state index contributed by atoms with van der Waals surface area (Å²) >= 11 is 8.79. The van der Waals surface area contributed by atoms with E-state index in [4.69, 9.17) is 10.2 Å². The van der Waals surface area contributed by atoms with Gasteiger partial charge in [0.1, 0.15) is 0 Å². The molecule has 0 aliphatic heterocycles. The first-order chi connectivity index (χ1) is 10.3. The normalized spacial score (nSPS) is 11.8. The SMILES string of the molecule is CC(c1cnc[nH]1)c1scc(Br)c1Br.O=C(O)/C=C/C(=O)O. The highest BCUT2D eigenvalue weighted by atomic mass is 79.9. The molecule has 0 bridgehead atoms. The van der Waals surface area contributed by atoms with E-state index >= 15 is 0 Å². The van der Waals surface area contributed by atoms with Crippen molar-refractivity contribution in [1.29, 1.82) is 0 Å². The van der Waals surface area contributed by atoms with Crippen molar-refractivity contribution in [3.63, 3.8) is 0 Å². The van der Waals surface area contributed by atoms with Crippen molar-refractivity contribution in [1.82, 2.24) is 9.97 Å². The molecule has 0 saturated heterocycles. The zero-order valence-corrected chi connectivity index (χ0v) is 15.3. The maximum absolute atomic E-state index is 9.55. The molecule has 0 radical (unpaired) electrons. The van der Waals surface area contributed by atoms with Crippen molar-refractivity contribution >= 4 is 55.1 Å². The monoisotopic (exact) mass is 450 g/mol. The maximum Gasteiger partial charge on any atom is 0.328 e. The third kappa shape index (κ3) is 5.74. The number of rotatable bonds is 4. The van der Waals surface area contributed by atoms with Gasteiger partial charge < -0.3 is 15.2 Å². The number of carbonyl (C=O) groups is 2. The van der Waals surface area contributed by atoms with Crippen LogP contribution >= 0.6 is 43.2 Å². The van der Waals surface area contributed by atoms with Crippen molar-refractivity contribution in [2.45, 2.75) is 12.8 Å². The number of aliphatic carboxylic acids is 2. The zero-order valence-electron chi connectivity index (χ0n) is 11.3. The second-order valence-electron chi connectivity index (χ2n) is 4.00. The lowest BCUT2D eigenvalue weighted by Gasteiger charge is -2.07. The van der Waals surface area contributed by atoms with E-state index in [9.17, 15) is 9.59 Å². The smallest absolute Gasteiger partial charge is 0.328 e. The molecule has 0 aromatic carbocycles. The van der Waals surface area contributed by atoms with Gasteiger partial charge in [-0.25, -0.2) is 14.6 Å². The molecule has 2 aromatic heterocycles. The molecule has 6 nitrogen and oxygen atoms in total. The van der Waals surface area contributed by atoms with Crippen molar-refractivity contribution in [3.8, 4) is 0 Å². The van der Waals surface area contributed by atoms with Gasteiger partial charge in [0.15, 0.2) is 0 Å². The lowest BCUT2D eigenvalue weighted by molar-refractivity contribution is -0.134. The molecule has 0 spiro atoms. The summed E-state index contributed by atoms with van der Waals surface area (Å²) in [6.45, 7) is 2.16. The van der Waals surface area contributed by atoms with Gasteiger partial charge in [-0.15, -0.1) is 11.3 Å². The van der Waals surface area contributed by atoms with Crippen molar-refractivity contribution in [2.24, 2.45) is 0 Å². The van der Waals surface area contributed by atoms with Gasteiger partial charge in [-0.3, -0.25) is 0 Å². The first-order valence-corrected chi connectivity index (χ1v) is 8.34. The number of halogens is 2. The molecule has 1 atom stereocenters. The third-order valence-corrected chi connectivity index (χ3v) is 6.21. The number of nitrogens with zero attached hydrogens (tertiary/aromatic N) is 1. The highest BCUT2D eigenvalue weighted by Gasteiger charge is 2.16. The molecule has 9 heteroatoms. The van der Waals surface area contributed by atoms with Crippen LogP contribution in [0.5, 0.6) is 0 Å². The zero-order chi connectivity index (χ0) is 16.7. The summed E-state index contributed by atoms with van der Waals surface area (Å²) < 4.78 is 2.26. The number of imidazole rings is 1. The molecular weight excluding hydrogens is 440 g/mol. The highest BCUT2D eigenvalue weighted by molar-refractivity contribution is 9.13. The Labute approximate surface area is 147 Å². The number of hydrogen-bond donors (Lipinski definition) is 3. The van der Waals surface area contributed by atoms with E-state index in [2.05, 4.69) is 54.1 Å². The molecule has 0 aliphatic rings. The van der Waals surface area contributed by atoms with Gasteiger partial charge in [-0.2, -0.15) is 0 Å². The second kappa shape index (κ2) is 8.86. The molecule has 0 amide bonds. The Morgan fingerprint density at radius 2 is 1.91 bits per heavy atom. The van der Waals surface area contributed by atoms with E-state index in [1.807, 2.05) is 6.20 Å². The van der Waals surface area contributed by atoms with Gasteiger partial charge in [0.25, 0.3) is 0 Å². The Balaban J connectivity index is 0.000000261. The summed E-state index contributed by atoms with van der Waals surface area (Å²) in [4.78, 5) is 27.6.